The van der Waals surface area contributed by atoms with E-state index in [-0.39, 0.29) is 30.1 Å². The Hall–Kier alpha value is -2.16. The molecule has 0 spiro atoms. The van der Waals surface area contributed by atoms with E-state index in [4.69, 9.17) is 5.11 Å². The molecule has 0 aromatic carbocycles. The molecule has 1 unspecified atom stereocenters. The standard InChI is InChI=1S/C12H16N4O4S/c1-7(10-15-8(6-21-10)11(18)19)14-12(20)16-4-2-9(17)13-3-5-16/h6-7H,2-5H2,1H3,(H,13,17)(H,14,20)(H,18,19). The summed E-state index contributed by atoms with van der Waals surface area (Å²) in [6.07, 6.45) is 0.280. The number of carboxylic acid groups (broad SMARTS) is 1. The number of nitrogens with one attached hydrogen (secondary N) is 2. The predicted molar refractivity (Wildman–Crippen MR) is 75.2 cm³/mol. The summed E-state index contributed by atoms with van der Waals surface area (Å²) in [7, 11) is 0. The second kappa shape index (κ2) is 6.53. The summed E-state index contributed by atoms with van der Waals surface area (Å²) in [5, 5.41) is 16.3. The van der Waals surface area contributed by atoms with Crippen molar-refractivity contribution in [2.45, 2.75) is 19.4 Å². The molecule has 114 valence electrons. The van der Waals surface area contributed by atoms with E-state index in [0.717, 1.165) is 0 Å². The number of hydrogen-bond acceptors (Lipinski definition) is 5. The van der Waals surface area contributed by atoms with Crippen LogP contribution in [0.4, 0.5) is 4.79 Å². The second-order valence-corrected chi connectivity index (χ2v) is 5.52. The maximum atomic E-state index is 12.1. The second-order valence-electron chi connectivity index (χ2n) is 4.63. The molecular weight excluding hydrogens is 296 g/mol. The zero-order valence-electron chi connectivity index (χ0n) is 11.5. The third-order valence-corrected chi connectivity index (χ3v) is 4.08. The highest BCUT2D eigenvalue weighted by Gasteiger charge is 2.21. The average molecular weight is 312 g/mol. The summed E-state index contributed by atoms with van der Waals surface area (Å²) in [6.45, 7) is 2.98. The summed E-state index contributed by atoms with van der Waals surface area (Å²) < 4.78 is 0. The van der Waals surface area contributed by atoms with Crippen LogP contribution in [-0.4, -0.2) is 52.5 Å². The van der Waals surface area contributed by atoms with Crippen molar-refractivity contribution in [2.75, 3.05) is 19.6 Å². The number of aromatic carboxylic acids is 1. The van der Waals surface area contributed by atoms with Gasteiger partial charge in [0.05, 0.1) is 6.04 Å². The van der Waals surface area contributed by atoms with E-state index >= 15 is 0 Å². The van der Waals surface area contributed by atoms with E-state index in [1.165, 1.54) is 16.7 Å². The molecule has 3 N–H and O–H groups in total. The van der Waals surface area contributed by atoms with Gasteiger partial charge in [-0.05, 0) is 6.92 Å². The fraction of sp³-hybridized carbons (Fsp3) is 0.500. The summed E-state index contributed by atoms with van der Waals surface area (Å²) >= 11 is 1.19. The molecule has 8 nitrogen and oxygen atoms in total. The van der Waals surface area contributed by atoms with Crippen molar-refractivity contribution >= 4 is 29.2 Å². The lowest BCUT2D eigenvalue weighted by Gasteiger charge is -2.22. The zero-order valence-corrected chi connectivity index (χ0v) is 12.3. The number of aromatic nitrogens is 1. The van der Waals surface area contributed by atoms with Crippen molar-refractivity contribution in [2.24, 2.45) is 0 Å². The van der Waals surface area contributed by atoms with E-state index in [1.54, 1.807) is 11.8 Å². The number of rotatable bonds is 3. The van der Waals surface area contributed by atoms with Crippen molar-refractivity contribution in [1.29, 1.82) is 0 Å². The third-order valence-electron chi connectivity index (χ3n) is 3.05. The quantitative estimate of drug-likeness (QED) is 0.749. The van der Waals surface area contributed by atoms with E-state index in [1.807, 2.05) is 0 Å². The van der Waals surface area contributed by atoms with Crippen LogP contribution in [0.3, 0.4) is 0 Å². The molecule has 3 amide bonds. The van der Waals surface area contributed by atoms with E-state index < -0.39 is 5.97 Å². The highest BCUT2D eigenvalue weighted by Crippen LogP contribution is 2.18. The maximum Gasteiger partial charge on any atom is 0.355 e. The van der Waals surface area contributed by atoms with Gasteiger partial charge in [-0.1, -0.05) is 0 Å². The first kappa shape index (κ1) is 15.2. The van der Waals surface area contributed by atoms with Crippen LogP contribution < -0.4 is 10.6 Å². The minimum Gasteiger partial charge on any atom is -0.476 e. The van der Waals surface area contributed by atoms with Gasteiger partial charge in [0.25, 0.3) is 0 Å². The Kier molecular flexibility index (Phi) is 4.73. The first-order chi connectivity index (χ1) is 9.97. The van der Waals surface area contributed by atoms with Gasteiger partial charge in [0.2, 0.25) is 5.91 Å². The average Bonchev–Trinajstić information content (AvgIpc) is 2.83. The van der Waals surface area contributed by atoms with Crippen LogP contribution >= 0.6 is 11.3 Å². The molecule has 1 aromatic heterocycles. The van der Waals surface area contributed by atoms with Crippen LogP contribution in [0.25, 0.3) is 0 Å². The maximum absolute atomic E-state index is 12.1. The molecule has 1 aliphatic rings. The molecule has 2 rings (SSSR count). The van der Waals surface area contributed by atoms with Gasteiger partial charge < -0.3 is 20.6 Å². The number of nitrogens with zero attached hydrogens (tertiary/aromatic N) is 2. The number of hydrogen-bond donors (Lipinski definition) is 3. The Morgan fingerprint density at radius 2 is 2.29 bits per heavy atom. The van der Waals surface area contributed by atoms with Crippen molar-refractivity contribution in [3.63, 3.8) is 0 Å². The topological polar surface area (TPSA) is 112 Å². The Labute approximate surface area is 125 Å². The van der Waals surface area contributed by atoms with Crippen molar-refractivity contribution in [3.8, 4) is 0 Å². The normalized spacial score (nSPS) is 16.8. The van der Waals surface area contributed by atoms with Gasteiger partial charge >= 0.3 is 12.0 Å². The molecule has 1 atom stereocenters. The molecule has 0 saturated carbocycles. The number of carboxylic acids is 1. The number of carbonyl (C=O) groups is 3. The van der Waals surface area contributed by atoms with Crippen LogP contribution in [0, 0.1) is 0 Å². The van der Waals surface area contributed by atoms with Gasteiger partial charge in [0.1, 0.15) is 5.01 Å². The Bertz CT molecular complexity index is 559. The Balaban J connectivity index is 1.94. The minimum absolute atomic E-state index is 0.0272. The molecule has 0 bridgehead atoms. The van der Waals surface area contributed by atoms with Crippen LogP contribution in [0.2, 0.25) is 0 Å². The van der Waals surface area contributed by atoms with Crippen molar-refractivity contribution < 1.29 is 19.5 Å². The lowest BCUT2D eigenvalue weighted by molar-refractivity contribution is -0.120. The monoisotopic (exact) mass is 312 g/mol. The van der Waals surface area contributed by atoms with Crippen LogP contribution in [0.1, 0.15) is 34.9 Å². The van der Waals surface area contributed by atoms with Crippen LogP contribution in [-0.2, 0) is 4.79 Å². The molecule has 0 aliphatic carbocycles. The van der Waals surface area contributed by atoms with Gasteiger partial charge in [-0.15, -0.1) is 11.3 Å². The lowest BCUT2D eigenvalue weighted by Crippen LogP contribution is -2.42. The fourth-order valence-corrected chi connectivity index (χ4v) is 2.69. The molecular formula is C12H16N4O4S. The Morgan fingerprint density at radius 3 is 2.95 bits per heavy atom. The van der Waals surface area contributed by atoms with E-state index in [0.29, 0.717) is 24.6 Å². The summed E-state index contributed by atoms with van der Waals surface area (Å²) in [6, 6.07) is -0.673. The van der Waals surface area contributed by atoms with Gasteiger partial charge in [-0.25, -0.2) is 14.6 Å². The predicted octanol–water partition coefficient (Wildman–Crippen LogP) is 0.434. The van der Waals surface area contributed by atoms with Gasteiger partial charge in [0.15, 0.2) is 5.69 Å². The minimum atomic E-state index is -1.09. The van der Waals surface area contributed by atoms with Crippen LogP contribution in [0.5, 0.6) is 0 Å². The molecule has 9 heteroatoms. The third kappa shape index (κ3) is 3.91. The summed E-state index contributed by atoms with van der Waals surface area (Å²) in [4.78, 5) is 39.6. The number of carbonyl (C=O) groups excluding carboxylic acids is 2. The SMILES string of the molecule is CC(NC(=O)N1CCNC(=O)CC1)c1nc(C(=O)O)cs1. The molecule has 0 radical (unpaired) electrons. The lowest BCUT2D eigenvalue weighted by atomic mass is 10.3. The summed E-state index contributed by atoms with van der Waals surface area (Å²) in [5.41, 5.74) is -0.0272. The van der Waals surface area contributed by atoms with Gasteiger partial charge in [-0.3, -0.25) is 4.79 Å². The number of urea groups is 1. The first-order valence-electron chi connectivity index (χ1n) is 6.48. The Morgan fingerprint density at radius 1 is 1.52 bits per heavy atom. The zero-order chi connectivity index (χ0) is 15.4. The number of thiazole rings is 1. The molecule has 1 fully saturated rings. The van der Waals surface area contributed by atoms with Crippen LogP contribution in [0.15, 0.2) is 5.38 Å². The molecule has 1 aromatic rings. The van der Waals surface area contributed by atoms with Gasteiger partial charge in [-0.2, -0.15) is 0 Å². The highest BCUT2D eigenvalue weighted by molar-refractivity contribution is 7.09. The van der Waals surface area contributed by atoms with Crippen molar-refractivity contribution in [1.82, 2.24) is 20.5 Å². The smallest absolute Gasteiger partial charge is 0.355 e. The molecule has 2 heterocycles. The largest absolute Gasteiger partial charge is 0.476 e. The number of amides is 3. The highest BCUT2D eigenvalue weighted by atomic mass is 32.1. The van der Waals surface area contributed by atoms with E-state index in [2.05, 4.69) is 15.6 Å². The van der Waals surface area contributed by atoms with Gasteiger partial charge in [0, 0.05) is 31.4 Å². The summed E-state index contributed by atoms with van der Waals surface area (Å²) in [5.74, 6) is -1.16. The first-order valence-corrected chi connectivity index (χ1v) is 7.36. The fourth-order valence-electron chi connectivity index (χ4n) is 1.89. The van der Waals surface area contributed by atoms with E-state index in [9.17, 15) is 14.4 Å². The molecule has 21 heavy (non-hydrogen) atoms. The van der Waals surface area contributed by atoms with Crippen molar-refractivity contribution in [3.05, 3.63) is 16.1 Å². The molecule has 1 aliphatic heterocycles. The molecule has 1 saturated heterocycles.